The van der Waals surface area contributed by atoms with Gasteiger partial charge in [-0.1, -0.05) is 0 Å². The number of carbonyl (C=O) groups excluding carboxylic acids is 1. The normalized spacial score (nSPS) is 10.3. The van der Waals surface area contributed by atoms with Gasteiger partial charge in [-0.15, -0.1) is 0 Å². The van der Waals surface area contributed by atoms with E-state index in [4.69, 9.17) is 0 Å². The van der Waals surface area contributed by atoms with E-state index in [-0.39, 0.29) is 11.3 Å². The minimum Gasteiger partial charge on any atom is -0.289 e. The van der Waals surface area contributed by atoms with E-state index < -0.39 is 11.6 Å². The van der Waals surface area contributed by atoms with E-state index in [0.717, 1.165) is 12.1 Å². The first-order valence-electron chi connectivity index (χ1n) is 5.00. The Morgan fingerprint density at radius 3 is 2.59 bits per heavy atom. The topological polar surface area (TPSA) is 30.0 Å². The van der Waals surface area contributed by atoms with E-state index >= 15 is 0 Å². The van der Waals surface area contributed by atoms with Crippen LogP contribution in [-0.4, -0.2) is 10.8 Å². The quantitative estimate of drug-likeness (QED) is 0.746. The van der Waals surface area contributed by atoms with Crippen molar-refractivity contribution in [2.45, 2.75) is 6.92 Å². The van der Waals surface area contributed by atoms with Crippen LogP contribution in [0, 0.1) is 18.6 Å². The lowest BCUT2D eigenvalue weighted by Gasteiger charge is -2.04. The van der Waals surface area contributed by atoms with Crippen molar-refractivity contribution in [1.82, 2.24) is 4.98 Å². The number of aromatic nitrogens is 1. The second-order valence-electron chi connectivity index (χ2n) is 3.65. The number of carbonyl (C=O) groups is 1. The van der Waals surface area contributed by atoms with Crippen molar-refractivity contribution in [3.05, 3.63) is 65.0 Å². The smallest absolute Gasteiger partial charge is 0.193 e. The van der Waals surface area contributed by atoms with Crippen LogP contribution in [0.15, 0.2) is 36.7 Å². The number of hydrogen-bond acceptors (Lipinski definition) is 2. The third-order valence-electron chi connectivity index (χ3n) is 2.45. The second kappa shape index (κ2) is 4.41. The number of aryl methyl sites for hydroxylation is 1. The monoisotopic (exact) mass is 233 g/mol. The summed E-state index contributed by atoms with van der Waals surface area (Å²) in [5, 5.41) is 0. The van der Waals surface area contributed by atoms with E-state index in [9.17, 15) is 13.6 Å². The average Bonchev–Trinajstić information content (AvgIpc) is 2.32. The van der Waals surface area contributed by atoms with Gasteiger partial charge in [0.2, 0.25) is 0 Å². The van der Waals surface area contributed by atoms with Crippen molar-refractivity contribution in [3.8, 4) is 0 Å². The van der Waals surface area contributed by atoms with Crippen LogP contribution in [0.2, 0.25) is 0 Å². The van der Waals surface area contributed by atoms with Gasteiger partial charge in [-0.05, 0) is 36.8 Å². The molecule has 2 nitrogen and oxygen atoms in total. The van der Waals surface area contributed by atoms with Gasteiger partial charge in [-0.2, -0.15) is 0 Å². The lowest BCUT2D eigenvalue weighted by Crippen LogP contribution is -2.05. The molecule has 0 fully saturated rings. The molecule has 0 radical (unpaired) electrons. The highest BCUT2D eigenvalue weighted by Gasteiger charge is 2.13. The molecule has 0 saturated carbocycles. The third-order valence-corrected chi connectivity index (χ3v) is 2.45. The first kappa shape index (κ1) is 11.4. The van der Waals surface area contributed by atoms with Gasteiger partial charge in [0.15, 0.2) is 17.4 Å². The highest BCUT2D eigenvalue weighted by molar-refractivity contribution is 6.09. The van der Waals surface area contributed by atoms with Crippen LogP contribution in [0.25, 0.3) is 0 Å². The van der Waals surface area contributed by atoms with Crippen molar-refractivity contribution in [2.24, 2.45) is 0 Å². The Labute approximate surface area is 96.9 Å². The predicted octanol–water partition coefficient (Wildman–Crippen LogP) is 2.90. The summed E-state index contributed by atoms with van der Waals surface area (Å²) in [4.78, 5) is 15.9. The summed E-state index contributed by atoms with van der Waals surface area (Å²) in [5.41, 5.74) is 1.26. The van der Waals surface area contributed by atoms with E-state index in [1.165, 1.54) is 12.3 Å². The third kappa shape index (κ3) is 2.20. The maximum Gasteiger partial charge on any atom is 0.193 e. The largest absolute Gasteiger partial charge is 0.289 e. The molecule has 0 atom stereocenters. The van der Waals surface area contributed by atoms with Crippen LogP contribution in [0.4, 0.5) is 8.78 Å². The molecule has 0 aliphatic carbocycles. The molecule has 1 aromatic carbocycles. The molecule has 86 valence electrons. The van der Waals surface area contributed by atoms with Gasteiger partial charge in [0.05, 0.1) is 0 Å². The van der Waals surface area contributed by atoms with Gasteiger partial charge >= 0.3 is 0 Å². The zero-order valence-corrected chi connectivity index (χ0v) is 9.08. The van der Waals surface area contributed by atoms with E-state index in [1.54, 1.807) is 19.2 Å². The fourth-order valence-electron chi connectivity index (χ4n) is 1.52. The van der Waals surface area contributed by atoms with Gasteiger partial charge in [-0.25, -0.2) is 8.78 Å². The maximum absolute atomic E-state index is 13.0. The number of halogens is 2. The minimum atomic E-state index is -1.03. The summed E-state index contributed by atoms with van der Waals surface area (Å²) in [7, 11) is 0. The molecule has 0 N–H and O–H groups in total. The number of pyridine rings is 1. The van der Waals surface area contributed by atoms with Crippen molar-refractivity contribution in [3.63, 3.8) is 0 Å². The summed E-state index contributed by atoms with van der Waals surface area (Å²) in [6, 6.07) is 4.66. The maximum atomic E-state index is 13.0. The molecule has 0 spiro atoms. The van der Waals surface area contributed by atoms with Gasteiger partial charge < -0.3 is 0 Å². The Hall–Kier alpha value is -2.10. The van der Waals surface area contributed by atoms with E-state index in [1.807, 2.05) is 0 Å². The van der Waals surface area contributed by atoms with Crippen molar-refractivity contribution < 1.29 is 13.6 Å². The Balaban J connectivity index is 2.44. The zero-order chi connectivity index (χ0) is 12.4. The molecule has 4 heteroatoms. The van der Waals surface area contributed by atoms with Crippen LogP contribution in [-0.2, 0) is 0 Å². The molecular formula is C13H9F2NO. The molecule has 0 aliphatic rings. The molecule has 0 unspecified atom stereocenters. The number of ketones is 1. The first-order valence-corrected chi connectivity index (χ1v) is 5.00. The summed E-state index contributed by atoms with van der Waals surface area (Å²) in [5.74, 6) is -2.33. The molecule has 0 amide bonds. The molecule has 0 aliphatic heterocycles. The van der Waals surface area contributed by atoms with Crippen LogP contribution >= 0.6 is 0 Å². The van der Waals surface area contributed by atoms with Gasteiger partial charge in [0, 0.05) is 23.5 Å². The number of benzene rings is 1. The molecule has 17 heavy (non-hydrogen) atoms. The zero-order valence-electron chi connectivity index (χ0n) is 9.08. The van der Waals surface area contributed by atoms with Crippen molar-refractivity contribution in [2.75, 3.05) is 0 Å². The highest BCUT2D eigenvalue weighted by atomic mass is 19.2. The van der Waals surface area contributed by atoms with Gasteiger partial charge in [0.25, 0.3) is 0 Å². The average molecular weight is 233 g/mol. The summed E-state index contributed by atoms with van der Waals surface area (Å²) in [6.45, 7) is 1.74. The molecule has 0 saturated heterocycles. The van der Waals surface area contributed by atoms with Gasteiger partial charge in [0.1, 0.15) is 0 Å². The summed E-state index contributed by atoms with van der Waals surface area (Å²) < 4.78 is 25.8. The van der Waals surface area contributed by atoms with Crippen molar-refractivity contribution in [1.29, 1.82) is 0 Å². The lowest BCUT2D eigenvalue weighted by molar-refractivity contribution is 0.103. The number of nitrogens with zero attached hydrogens (tertiary/aromatic N) is 1. The highest BCUT2D eigenvalue weighted by Crippen LogP contribution is 2.15. The minimum absolute atomic E-state index is 0.123. The Bertz CT molecular complexity index is 581. The Kier molecular flexibility index (Phi) is 2.95. The van der Waals surface area contributed by atoms with Crippen molar-refractivity contribution >= 4 is 5.78 Å². The molecule has 2 aromatic rings. The Morgan fingerprint density at radius 1 is 1.18 bits per heavy atom. The van der Waals surface area contributed by atoms with Crippen LogP contribution in [0.3, 0.4) is 0 Å². The lowest BCUT2D eigenvalue weighted by atomic mass is 10.0. The van der Waals surface area contributed by atoms with Gasteiger partial charge in [-0.3, -0.25) is 9.78 Å². The standard InChI is InChI=1S/C13H9F2NO/c1-8-7-16-5-4-10(8)13(17)9-2-3-11(14)12(15)6-9/h2-7H,1H3. The SMILES string of the molecule is Cc1cnccc1C(=O)c1ccc(F)c(F)c1. The Morgan fingerprint density at radius 2 is 1.94 bits per heavy atom. The molecule has 2 rings (SSSR count). The fourth-order valence-corrected chi connectivity index (χ4v) is 1.52. The van der Waals surface area contributed by atoms with Crippen LogP contribution in [0.5, 0.6) is 0 Å². The fraction of sp³-hybridized carbons (Fsp3) is 0.0769. The second-order valence-corrected chi connectivity index (χ2v) is 3.65. The first-order chi connectivity index (χ1) is 8.09. The predicted molar refractivity (Wildman–Crippen MR) is 58.8 cm³/mol. The van der Waals surface area contributed by atoms with Crippen LogP contribution in [0.1, 0.15) is 21.5 Å². The molecule has 1 heterocycles. The number of rotatable bonds is 2. The number of hydrogen-bond donors (Lipinski definition) is 0. The molecular weight excluding hydrogens is 224 g/mol. The van der Waals surface area contributed by atoms with E-state index in [2.05, 4.69) is 4.98 Å². The van der Waals surface area contributed by atoms with E-state index in [0.29, 0.717) is 11.1 Å². The molecule has 0 bridgehead atoms. The molecule has 1 aromatic heterocycles. The van der Waals surface area contributed by atoms with Crippen LogP contribution < -0.4 is 0 Å². The summed E-state index contributed by atoms with van der Waals surface area (Å²) >= 11 is 0. The summed E-state index contributed by atoms with van der Waals surface area (Å²) in [6.07, 6.45) is 3.03.